The highest BCUT2D eigenvalue weighted by Gasteiger charge is 2.25. The van der Waals surface area contributed by atoms with Crippen molar-refractivity contribution in [2.75, 3.05) is 11.8 Å². The van der Waals surface area contributed by atoms with Crippen LogP contribution in [0, 0.1) is 0 Å². The molecule has 0 aliphatic carbocycles. The van der Waals surface area contributed by atoms with E-state index < -0.39 is 10.0 Å². The Morgan fingerprint density at radius 1 is 1.17 bits per heavy atom. The maximum atomic E-state index is 12.9. The molecule has 3 aromatic rings. The molecule has 3 N–H and O–H groups in total. The zero-order valence-electron chi connectivity index (χ0n) is 13.0. The van der Waals surface area contributed by atoms with Crippen LogP contribution in [0.25, 0.3) is 11.0 Å². The number of methoxy groups -OCH3 is 1. The fourth-order valence-electron chi connectivity index (χ4n) is 2.95. The van der Waals surface area contributed by atoms with Gasteiger partial charge < -0.3 is 15.0 Å². The van der Waals surface area contributed by atoms with Gasteiger partial charge in [-0.2, -0.15) is 0 Å². The second-order valence-corrected chi connectivity index (χ2v) is 7.21. The van der Waals surface area contributed by atoms with Crippen molar-refractivity contribution in [3.8, 4) is 5.75 Å². The fraction of sp³-hybridized carbons (Fsp3) is 0.188. The average Bonchev–Trinajstić information content (AvgIpc) is 3.21. The summed E-state index contributed by atoms with van der Waals surface area (Å²) in [5.41, 5.74) is 3.79. The molecule has 0 spiro atoms. The molecule has 24 heavy (non-hydrogen) atoms. The van der Waals surface area contributed by atoms with Crippen molar-refractivity contribution in [3.63, 3.8) is 0 Å². The summed E-state index contributed by atoms with van der Waals surface area (Å²) in [7, 11) is -2.41. The van der Waals surface area contributed by atoms with E-state index in [1.165, 1.54) is 19.0 Å². The number of sulfonamides is 1. The molecule has 1 aromatic heterocycles. The van der Waals surface area contributed by atoms with Gasteiger partial charge in [-0.05, 0) is 35.4 Å². The number of nitrogens with one attached hydrogen (secondary N) is 3. The molecule has 8 heteroatoms. The lowest BCUT2D eigenvalue weighted by Crippen LogP contribution is -2.15. The first-order valence-electron chi connectivity index (χ1n) is 7.44. The van der Waals surface area contributed by atoms with Gasteiger partial charge in [0.2, 0.25) is 0 Å². The Hall–Kier alpha value is -2.58. The van der Waals surface area contributed by atoms with Crippen molar-refractivity contribution in [3.05, 3.63) is 47.8 Å². The Kier molecular flexibility index (Phi) is 3.43. The first kappa shape index (κ1) is 15.0. The van der Waals surface area contributed by atoms with E-state index >= 15 is 0 Å². The average molecular weight is 344 g/mol. The molecule has 2 aromatic carbocycles. The van der Waals surface area contributed by atoms with Gasteiger partial charge in [-0.3, -0.25) is 4.72 Å². The van der Waals surface area contributed by atoms with Gasteiger partial charge in [-0.25, -0.2) is 13.4 Å². The third-order valence-electron chi connectivity index (χ3n) is 4.09. The van der Waals surface area contributed by atoms with Gasteiger partial charge in [0, 0.05) is 18.8 Å². The largest absolute Gasteiger partial charge is 0.495 e. The quantitative estimate of drug-likeness (QED) is 0.672. The molecule has 7 nitrogen and oxygen atoms in total. The summed E-state index contributed by atoms with van der Waals surface area (Å²) in [4.78, 5) is 7.07. The Morgan fingerprint density at radius 3 is 2.83 bits per heavy atom. The topological polar surface area (TPSA) is 96.1 Å². The Bertz CT molecular complexity index is 1030. The molecule has 2 heterocycles. The zero-order chi connectivity index (χ0) is 16.7. The summed E-state index contributed by atoms with van der Waals surface area (Å²) in [6, 6.07) is 8.90. The highest BCUT2D eigenvalue weighted by Crippen LogP contribution is 2.32. The monoisotopic (exact) mass is 344 g/mol. The number of anilines is 1. The lowest BCUT2D eigenvalue weighted by molar-refractivity contribution is 0.404. The van der Waals surface area contributed by atoms with Crippen LogP contribution in [-0.4, -0.2) is 25.5 Å². The molecule has 0 atom stereocenters. The molecule has 0 unspecified atom stereocenters. The highest BCUT2D eigenvalue weighted by atomic mass is 32.2. The summed E-state index contributed by atoms with van der Waals surface area (Å²) in [6.45, 7) is 1.55. The fourth-order valence-corrected chi connectivity index (χ4v) is 4.32. The third-order valence-corrected chi connectivity index (χ3v) is 5.52. The van der Waals surface area contributed by atoms with Crippen molar-refractivity contribution < 1.29 is 13.2 Å². The number of rotatable bonds is 4. The molecule has 0 radical (unpaired) electrons. The second-order valence-electron chi connectivity index (χ2n) is 5.59. The number of aromatic amines is 1. The van der Waals surface area contributed by atoms with Crippen LogP contribution in [-0.2, 0) is 23.1 Å². The number of hydrogen-bond donors (Lipinski definition) is 3. The van der Waals surface area contributed by atoms with E-state index in [2.05, 4.69) is 20.0 Å². The van der Waals surface area contributed by atoms with Gasteiger partial charge in [0.1, 0.15) is 11.3 Å². The molecule has 0 saturated heterocycles. The second kappa shape index (κ2) is 5.50. The summed E-state index contributed by atoms with van der Waals surface area (Å²) < 4.78 is 33.7. The summed E-state index contributed by atoms with van der Waals surface area (Å²) in [5, 5.41) is 3.24. The minimum atomic E-state index is -3.85. The Balaban J connectivity index is 1.79. The maximum Gasteiger partial charge on any atom is 0.267 e. The third kappa shape index (κ3) is 2.40. The zero-order valence-corrected chi connectivity index (χ0v) is 13.8. The number of imidazole rings is 1. The molecule has 124 valence electrons. The molecule has 0 saturated carbocycles. The lowest BCUT2D eigenvalue weighted by atomic mass is 10.1. The van der Waals surface area contributed by atoms with Crippen molar-refractivity contribution in [1.82, 2.24) is 15.3 Å². The predicted molar refractivity (Wildman–Crippen MR) is 90.4 cm³/mol. The molecule has 0 bridgehead atoms. The van der Waals surface area contributed by atoms with E-state index in [0.717, 1.165) is 18.7 Å². The van der Waals surface area contributed by atoms with Crippen LogP contribution in [0.2, 0.25) is 0 Å². The van der Waals surface area contributed by atoms with E-state index in [1.807, 2.05) is 12.1 Å². The first-order valence-corrected chi connectivity index (χ1v) is 8.92. The van der Waals surface area contributed by atoms with Crippen LogP contribution in [0.4, 0.5) is 5.69 Å². The minimum Gasteiger partial charge on any atom is -0.495 e. The number of nitrogens with zero attached hydrogens (tertiary/aromatic N) is 1. The number of H-pyrrole nitrogens is 1. The predicted octanol–water partition coefficient (Wildman–Crippen LogP) is 1.98. The number of hydrogen-bond acceptors (Lipinski definition) is 5. The van der Waals surface area contributed by atoms with Crippen molar-refractivity contribution in [2.24, 2.45) is 0 Å². The number of fused-ring (bicyclic) bond motifs is 2. The smallest absolute Gasteiger partial charge is 0.267 e. The van der Waals surface area contributed by atoms with Gasteiger partial charge in [-0.1, -0.05) is 6.07 Å². The number of aromatic nitrogens is 2. The lowest BCUT2D eigenvalue weighted by Gasteiger charge is -2.13. The van der Waals surface area contributed by atoms with Crippen LogP contribution in [0.3, 0.4) is 0 Å². The summed E-state index contributed by atoms with van der Waals surface area (Å²) in [6.07, 6.45) is 1.46. The summed E-state index contributed by atoms with van der Waals surface area (Å²) >= 11 is 0. The molecule has 0 fully saturated rings. The van der Waals surface area contributed by atoms with Crippen LogP contribution < -0.4 is 14.8 Å². The standard InChI is InChI=1S/C16H16N4O3S/c1-23-14-5-4-13-15(19-9-18-13)16(14)24(21,22)20-12-3-2-10-7-17-8-11(10)6-12/h2-6,9,17,20H,7-8H2,1H3,(H,18,19). The van der Waals surface area contributed by atoms with Gasteiger partial charge >= 0.3 is 0 Å². The molecule has 0 amide bonds. The molecular formula is C16H16N4O3S. The highest BCUT2D eigenvalue weighted by molar-refractivity contribution is 7.93. The van der Waals surface area contributed by atoms with Crippen LogP contribution in [0.1, 0.15) is 11.1 Å². The molecule has 1 aliphatic rings. The van der Waals surface area contributed by atoms with E-state index in [0.29, 0.717) is 16.7 Å². The van der Waals surface area contributed by atoms with Crippen molar-refractivity contribution in [2.45, 2.75) is 18.0 Å². The SMILES string of the molecule is COc1ccc2[nH]cnc2c1S(=O)(=O)Nc1ccc2c(c1)CNC2. The van der Waals surface area contributed by atoms with Crippen LogP contribution in [0.15, 0.2) is 41.6 Å². The van der Waals surface area contributed by atoms with Crippen LogP contribution in [0.5, 0.6) is 5.75 Å². The van der Waals surface area contributed by atoms with E-state index in [-0.39, 0.29) is 10.6 Å². The van der Waals surface area contributed by atoms with Gasteiger partial charge in [-0.15, -0.1) is 0 Å². The van der Waals surface area contributed by atoms with E-state index in [4.69, 9.17) is 4.74 Å². The van der Waals surface area contributed by atoms with Gasteiger partial charge in [0.25, 0.3) is 10.0 Å². The van der Waals surface area contributed by atoms with E-state index in [9.17, 15) is 8.42 Å². The molecular weight excluding hydrogens is 328 g/mol. The van der Waals surface area contributed by atoms with Crippen molar-refractivity contribution in [1.29, 1.82) is 0 Å². The van der Waals surface area contributed by atoms with Gasteiger partial charge in [0.05, 0.1) is 19.0 Å². The normalized spacial score (nSPS) is 13.9. The minimum absolute atomic E-state index is 0.0300. The summed E-state index contributed by atoms with van der Waals surface area (Å²) in [5.74, 6) is 0.255. The Morgan fingerprint density at radius 2 is 2.00 bits per heavy atom. The van der Waals surface area contributed by atoms with Gasteiger partial charge in [0.15, 0.2) is 4.90 Å². The number of ether oxygens (including phenoxy) is 1. The first-order chi connectivity index (χ1) is 11.6. The van der Waals surface area contributed by atoms with E-state index in [1.54, 1.807) is 18.2 Å². The van der Waals surface area contributed by atoms with Crippen LogP contribution >= 0.6 is 0 Å². The molecule has 1 aliphatic heterocycles. The maximum absolute atomic E-state index is 12.9. The molecule has 4 rings (SSSR count). The number of benzene rings is 2. The Labute approximate surface area is 139 Å². The van der Waals surface area contributed by atoms with Crippen molar-refractivity contribution >= 4 is 26.7 Å².